The van der Waals surface area contributed by atoms with Gasteiger partial charge in [-0.15, -0.1) is 0 Å². The van der Waals surface area contributed by atoms with Crippen LogP contribution < -0.4 is 10.1 Å². The lowest BCUT2D eigenvalue weighted by molar-refractivity contribution is 0.229. The van der Waals surface area contributed by atoms with Crippen molar-refractivity contribution < 1.29 is 4.74 Å². The van der Waals surface area contributed by atoms with Crippen molar-refractivity contribution in [1.29, 1.82) is 0 Å². The summed E-state index contributed by atoms with van der Waals surface area (Å²) in [5.41, 5.74) is 1.23. The second-order valence-electron chi connectivity index (χ2n) is 4.82. The van der Waals surface area contributed by atoms with E-state index in [1.54, 1.807) is 0 Å². The highest BCUT2D eigenvalue weighted by molar-refractivity contribution is 5.52. The number of anilines is 1. The summed E-state index contributed by atoms with van der Waals surface area (Å²) in [5.74, 6) is 1.76. The van der Waals surface area contributed by atoms with Gasteiger partial charge >= 0.3 is 0 Å². The first-order chi connectivity index (χ1) is 8.84. The van der Waals surface area contributed by atoms with Crippen LogP contribution in [-0.2, 0) is 0 Å². The van der Waals surface area contributed by atoms with Crippen LogP contribution in [-0.4, -0.2) is 36.1 Å². The maximum Gasteiger partial charge on any atom is 0.168 e. The predicted molar refractivity (Wildman–Crippen MR) is 72.0 cm³/mol. The maximum absolute atomic E-state index is 5.64. The Balaban J connectivity index is 1.80. The average Bonchev–Trinajstić information content (AvgIpc) is 2.47. The van der Waals surface area contributed by atoms with Gasteiger partial charge in [0.05, 0.1) is 6.54 Å². The Bertz CT molecular complexity index is 458. The van der Waals surface area contributed by atoms with Crippen LogP contribution in [0.3, 0.4) is 0 Å². The smallest absolute Gasteiger partial charge is 0.168 e. The van der Waals surface area contributed by atoms with E-state index in [0.29, 0.717) is 6.04 Å². The standard InChI is InChI=1S/C14H19N3O/c1-11(17-6-3-2-4-7-17)12-9-13-14(16-10-12)15-5-8-18-13/h2-3,9-11H,4-8H2,1H3,(H,15,16). The molecule has 1 unspecified atom stereocenters. The molecule has 0 bridgehead atoms. The Hall–Kier alpha value is -1.55. The molecule has 0 amide bonds. The molecule has 2 aliphatic rings. The minimum Gasteiger partial charge on any atom is -0.488 e. The molecule has 0 aliphatic carbocycles. The quantitative estimate of drug-likeness (QED) is 0.811. The lowest BCUT2D eigenvalue weighted by Crippen LogP contribution is -2.30. The van der Waals surface area contributed by atoms with Crippen LogP contribution in [0, 0.1) is 0 Å². The van der Waals surface area contributed by atoms with E-state index in [1.807, 2.05) is 6.20 Å². The number of aromatic nitrogens is 1. The third-order valence-electron chi connectivity index (χ3n) is 3.65. The molecular weight excluding hydrogens is 226 g/mol. The van der Waals surface area contributed by atoms with Gasteiger partial charge in [0, 0.05) is 25.3 Å². The number of pyridine rings is 1. The maximum atomic E-state index is 5.64. The van der Waals surface area contributed by atoms with Crippen LogP contribution in [0.2, 0.25) is 0 Å². The van der Waals surface area contributed by atoms with E-state index in [1.165, 1.54) is 5.56 Å². The fraction of sp³-hybridized carbons (Fsp3) is 0.500. The minimum absolute atomic E-state index is 0.387. The highest BCUT2D eigenvalue weighted by Crippen LogP contribution is 2.30. The summed E-state index contributed by atoms with van der Waals surface area (Å²) in [5, 5.41) is 3.25. The molecule has 0 saturated carbocycles. The number of fused-ring (bicyclic) bond motifs is 1. The monoisotopic (exact) mass is 245 g/mol. The molecule has 0 spiro atoms. The Morgan fingerprint density at radius 2 is 2.39 bits per heavy atom. The third-order valence-corrected chi connectivity index (χ3v) is 3.65. The molecule has 2 aliphatic heterocycles. The number of hydrogen-bond acceptors (Lipinski definition) is 4. The zero-order valence-electron chi connectivity index (χ0n) is 10.7. The fourth-order valence-electron chi connectivity index (χ4n) is 2.48. The third kappa shape index (κ3) is 2.20. The molecule has 0 saturated heterocycles. The van der Waals surface area contributed by atoms with Gasteiger partial charge < -0.3 is 10.1 Å². The second-order valence-corrected chi connectivity index (χ2v) is 4.82. The van der Waals surface area contributed by atoms with E-state index in [0.717, 1.165) is 44.2 Å². The van der Waals surface area contributed by atoms with Crippen molar-refractivity contribution >= 4 is 5.82 Å². The highest BCUT2D eigenvalue weighted by atomic mass is 16.5. The number of hydrogen-bond donors (Lipinski definition) is 1. The number of nitrogens with one attached hydrogen (secondary N) is 1. The zero-order chi connectivity index (χ0) is 12.4. The summed E-state index contributed by atoms with van der Waals surface area (Å²) in [6.07, 6.45) is 7.59. The molecule has 0 radical (unpaired) electrons. The summed E-state index contributed by atoms with van der Waals surface area (Å²) in [4.78, 5) is 6.91. The molecule has 4 heteroatoms. The summed E-state index contributed by atoms with van der Waals surface area (Å²) < 4.78 is 5.64. The lowest BCUT2D eigenvalue weighted by atomic mass is 10.1. The molecule has 0 aromatic carbocycles. The predicted octanol–water partition coefficient (Wildman–Crippen LogP) is 2.21. The van der Waals surface area contributed by atoms with Gasteiger partial charge in [0.2, 0.25) is 0 Å². The summed E-state index contributed by atoms with van der Waals surface area (Å²) in [7, 11) is 0. The first kappa shape index (κ1) is 11.5. The van der Waals surface area contributed by atoms with E-state index in [9.17, 15) is 0 Å². The number of ether oxygens (including phenoxy) is 1. The van der Waals surface area contributed by atoms with Crippen molar-refractivity contribution in [1.82, 2.24) is 9.88 Å². The van der Waals surface area contributed by atoms with E-state index in [4.69, 9.17) is 4.74 Å². The Morgan fingerprint density at radius 1 is 1.44 bits per heavy atom. The van der Waals surface area contributed by atoms with Crippen molar-refractivity contribution in [2.75, 3.05) is 31.6 Å². The van der Waals surface area contributed by atoms with Gasteiger partial charge in [0.1, 0.15) is 6.61 Å². The van der Waals surface area contributed by atoms with Gasteiger partial charge in [-0.3, -0.25) is 4.90 Å². The first-order valence-corrected chi connectivity index (χ1v) is 6.60. The molecule has 4 nitrogen and oxygen atoms in total. The Kier molecular flexibility index (Phi) is 3.19. The molecule has 3 rings (SSSR count). The highest BCUT2D eigenvalue weighted by Gasteiger charge is 2.19. The van der Waals surface area contributed by atoms with Gasteiger partial charge in [-0.2, -0.15) is 0 Å². The van der Waals surface area contributed by atoms with Crippen LogP contribution in [0.15, 0.2) is 24.4 Å². The number of nitrogens with zero attached hydrogens (tertiary/aromatic N) is 2. The molecular formula is C14H19N3O. The van der Waals surface area contributed by atoms with Crippen LogP contribution >= 0.6 is 0 Å². The van der Waals surface area contributed by atoms with Crippen LogP contribution in [0.25, 0.3) is 0 Å². The average molecular weight is 245 g/mol. The Morgan fingerprint density at radius 3 is 3.22 bits per heavy atom. The van der Waals surface area contributed by atoms with E-state index >= 15 is 0 Å². The van der Waals surface area contributed by atoms with Crippen molar-refractivity contribution in [2.24, 2.45) is 0 Å². The van der Waals surface area contributed by atoms with Crippen LogP contribution in [0.1, 0.15) is 24.9 Å². The lowest BCUT2D eigenvalue weighted by Gasteiger charge is -2.30. The molecule has 1 aromatic heterocycles. The topological polar surface area (TPSA) is 37.4 Å². The fourth-order valence-corrected chi connectivity index (χ4v) is 2.48. The molecule has 1 aromatic rings. The van der Waals surface area contributed by atoms with Crippen molar-refractivity contribution in [3.05, 3.63) is 30.0 Å². The summed E-state index contributed by atoms with van der Waals surface area (Å²) in [6.45, 7) is 5.94. The van der Waals surface area contributed by atoms with Gasteiger partial charge in [-0.25, -0.2) is 4.98 Å². The van der Waals surface area contributed by atoms with E-state index < -0.39 is 0 Å². The molecule has 1 atom stereocenters. The van der Waals surface area contributed by atoms with Crippen LogP contribution in [0.5, 0.6) is 5.75 Å². The normalized spacial score (nSPS) is 20.7. The van der Waals surface area contributed by atoms with E-state index in [-0.39, 0.29) is 0 Å². The minimum atomic E-state index is 0.387. The number of rotatable bonds is 2. The van der Waals surface area contributed by atoms with Gasteiger partial charge in [0.15, 0.2) is 11.6 Å². The van der Waals surface area contributed by atoms with Crippen molar-refractivity contribution in [3.63, 3.8) is 0 Å². The second kappa shape index (κ2) is 4.98. The molecule has 96 valence electrons. The molecule has 18 heavy (non-hydrogen) atoms. The zero-order valence-corrected chi connectivity index (χ0v) is 10.7. The summed E-state index contributed by atoms with van der Waals surface area (Å²) in [6, 6.07) is 2.51. The van der Waals surface area contributed by atoms with Gasteiger partial charge in [-0.1, -0.05) is 12.2 Å². The SMILES string of the molecule is CC(c1cnc2c(c1)OCCN2)N1CC=CCC1. The molecule has 1 N–H and O–H groups in total. The van der Waals surface area contributed by atoms with Gasteiger partial charge in [0.25, 0.3) is 0 Å². The molecule has 3 heterocycles. The Labute approximate surface area is 108 Å². The van der Waals surface area contributed by atoms with Crippen molar-refractivity contribution in [2.45, 2.75) is 19.4 Å². The van der Waals surface area contributed by atoms with Crippen molar-refractivity contribution in [3.8, 4) is 5.75 Å². The van der Waals surface area contributed by atoms with Crippen LogP contribution in [0.4, 0.5) is 5.82 Å². The first-order valence-electron chi connectivity index (χ1n) is 6.60. The van der Waals surface area contributed by atoms with Gasteiger partial charge in [-0.05, 0) is 25.0 Å². The largest absolute Gasteiger partial charge is 0.488 e. The van der Waals surface area contributed by atoms with E-state index in [2.05, 4.69) is 40.3 Å². The summed E-state index contributed by atoms with van der Waals surface area (Å²) >= 11 is 0. The molecule has 0 fully saturated rings.